The Morgan fingerprint density at radius 1 is 1.47 bits per heavy atom. The molecule has 1 atom stereocenters. The summed E-state index contributed by atoms with van der Waals surface area (Å²) in [4.78, 5) is 16.5. The van der Waals surface area contributed by atoms with E-state index < -0.39 is 0 Å². The van der Waals surface area contributed by atoms with Crippen LogP contribution < -0.4 is 5.32 Å². The largest absolute Gasteiger partial charge is 0.379 e. The quantitative estimate of drug-likeness (QED) is 0.848. The second kappa shape index (κ2) is 5.47. The van der Waals surface area contributed by atoms with Crippen LogP contribution in [0, 0.1) is 0 Å². The van der Waals surface area contributed by atoms with Crippen LogP contribution in [0.15, 0.2) is 12.1 Å². The number of nitrogens with zero attached hydrogens (tertiary/aromatic N) is 1. The van der Waals surface area contributed by atoms with Gasteiger partial charge in [0.25, 0.3) is 5.91 Å². The standard InChI is InChI=1S/C14H19ClN2O2/c1-14(2,3)11-6-9(7-12(15)17-11)13(18)16-10-4-5-19-8-10/h6-7,10H,4-5,8H2,1-3H3,(H,16,18). The van der Waals surface area contributed by atoms with Crippen molar-refractivity contribution in [1.82, 2.24) is 10.3 Å². The maximum Gasteiger partial charge on any atom is 0.251 e. The van der Waals surface area contributed by atoms with Crippen LogP contribution >= 0.6 is 11.6 Å². The molecule has 1 aliphatic rings. The maximum absolute atomic E-state index is 12.2. The second-order valence-corrected chi connectivity index (χ2v) is 6.24. The van der Waals surface area contributed by atoms with Gasteiger partial charge >= 0.3 is 0 Å². The van der Waals surface area contributed by atoms with E-state index in [0.29, 0.717) is 23.9 Å². The van der Waals surface area contributed by atoms with Gasteiger partial charge in [-0.05, 0) is 18.6 Å². The molecule has 2 heterocycles. The summed E-state index contributed by atoms with van der Waals surface area (Å²) in [5, 5.41) is 3.30. The molecule has 19 heavy (non-hydrogen) atoms. The number of rotatable bonds is 2. The number of pyridine rings is 1. The Hall–Kier alpha value is -1.13. The van der Waals surface area contributed by atoms with Crippen LogP contribution in [0.3, 0.4) is 0 Å². The number of carbonyl (C=O) groups excluding carboxylic acids is 1. The normalized spacial score (nSPS) is 19.5. The Balaban J connectivity index is 2.19. The molecule has 1 N–H and O–H groups in total. The molecule has 5 heteroatoms. The highest BCUT2D eigenvalue weighted by molar-refractivity contribution is 6.29. The predicted molar refractivity (Wildman–Crippen MR) is 74.6 cm³/mol. The lowest BCUT2D eigenvalue weighted by atomic mass is 9.91. The molecule has 104 valence electrons. The Labute approximate surface area is 118 Å². The van der Waals surface area contributed by atoms with Gasteiger partial charge in [0.1, 0.15) is 5.15 Å². The Bertz CT molecular complexity index is 477. The number of carbonyl (C=O) groups is 1. The van der Waals surface area contributed by atoms with Crippen molar-refractivity contribution >= 4 is 17.5 Å². The van der Waals surface area contributed by atoms with Crippen molar-refractivity contribution in [2.24, 2.45) is 0 Å². The molecular weight excluding hydrogens is 264 g/mol. The van der Waals surface area contributed by atoms with Crippen LogP contribution in [-0.4, -0.2) is 30.1 Å². The minimum absolute atomic E-state index is 0.0949. The minimum atomic E-state index is -0.142. The van der Waals surface area contributed by atoms with Gasteiger partial charge in [0, 0.05) is 23.3 Å². The summed E-state index contributed by atoms with van der Waals surface area (Å²) in [6.07, 6.45) is 0.858. The molecule has 1 aromatic rings. The van der Waals surface area contributed by atoms with Crippen molar-refractivity contribution in [3.05, 3.63) is 28.5 Å². The third-order valence-corrected chi connectivity index (χ3v) is 3.28. The first-order valence-electron chi connectivity index (χ1n) is 6.43. The zero-order valence-corrected chi connectivity index (χ0v) is 12.3. The lowest BCUT2D eigenvalue weighted by Gasteiger charge is -2.19. The molecule has 0 aromatic carbocycles. The number of ether oxygens (including phenoxy) is 1. The van der Waals surface area contributed by atoms with Crippen molar-refractivity contribution in [3.63, 3.8) is 0 Å². The van der Waals surface area contributed by atoms with E-state index in [-0.39, 0.29) is 17.4 Å². The Morgan fingerprint density at radius 3 is 2.79 bits per heavy atom. The third kappa shape index (κ3) is 3.67. The zero-order chi connectivity index (χ0) is 14.0. The van der Waals surface area contributed by atoms with Gasteiger partial charge in [0.05, 0.1) is 12.6 Å². The van der Waals surface area contributed by atoms with Gasteiger partial charge in [-0.15, -0.1) is 0 Å². The van der Waals surface area contributed by atoms with E-state index in [2.05, 4.69) is 10.3 Å². The Morgan fingerprint density at radius 2 is 2.21 bits per heavy atom. The lowest BCUT2D eigenvalue weighted by molar-refractivity contribution is 0.0929. The number of amides is 1. The molecule has 1 saturated heterocycles. The summed E-state index contributed by atoms with van der Waals surface area (Å²) in [7, 11) is 0. The van der Waals surface area contributed by atoms with E-state index in [0.717, 1.165) is 12.1 Å². The zero-order valence-electron chi connectivity index (χ0n) is 11.5. The fourth-order valence-corrected chi connectivity index (χ4v) is 2.14. The second-order valence-electron chi connectivity index (χ2n) is 5.85. The van der Waals surface area contributed by atoms with E-state index >= 15 is 0 Å². The highest BCUT2D eigenvalue weighted by atomic mass is 35.5. The fraction of sp³-hybridized carbons (Fsp3) is 0.571. The minimum Gasteiger partial charge on any atom is -0.379 e. The maximum atomic E-state index is 12.2. The topological polar surface area (TPSA) is 51.2 Å². The smallest absolute Gasteiger partial charge is 0.251 e. The van der Waals surface area contributed by atoms with Crippen molar-refractivity contribution in [2.45, 2.75) is 38.6 Å². The van der Waals surface area contributed by atoms with Crippen molar-refractivity contribution in [3.8, 4) is 0 Å². The van der Waals surface area contributed by atoms with Gasteiger partial charge in [0.2, 0.25) is 0 Å². The molecule has 1 aliphatic heterocycles. The van der Waals surface area contributed by atoms with Crippen LogP contribution in [0.5, 0.6) is 0 Å². The lowest BCUT2D eigenvalue weighted by Crippen LogP contribution is -2.35. The molecule has 4 nitrogen and oxygen atoms in total. The van der Waals surface area contributed by atoms with Crippen LogP contribution in [0.1, 0.15) is 43.2 Å². The molecule has 1 fully saturated rings. The summed E-state index contributed by atoms with van der Waals surface area (Å²) in [5.41, 5.74) is 1.22. The van der Waals surface area contributed by atoms with Gasteiger partial charge in [0.15, 0.2) is 0 Å². The van der Waals surface area contributed by atoms with Crippen LogP contribution in [0.2, 0.25) is 5.15 Å². The average Bonchev–Trinajstić information content (AvgIpc) is 2.79. The van der Waals surface area contributed by atoms with Gasteiger partial charge in [-0.3, -0.25) is 4.79 Å². The van der Waals surface area contributed by atoms with E-state index in [4.69, 9.17) is 16.3 Å². The number of hydrogen-bond acceptors (Lipinski definition) is 3. The molecule has 1 amide bonds. The fourth-order valence-electron chi connectivity index (χ4n) is 1.93. The third-order valence-electron chi connectivity index (χ3n) is 3.09. The highest BCUT2D eigenvalue weighted by Crippen LogP contribution is 2.23. The first kappa shape index (κ1) is 14.3. The van der Waals surface area contributed by atoms with Crippen LogP contribution in [0.25, 0.3) is 0 Å². The average molecular weight is 283 g/mol. The Kier molecular flexibility index (Phi) is 4.11. The number of aromatic nitrogens is 1. The first-order valence-corrected chi connectivity index (χ1v) is 6.81. The molecule has 1 aromatic heterocycles. The van der Waals surface area contributed by atoms with Crippen LogP contribution in [-0.2, 0) is 10.2 Å². The summed E-state index contributed by atoms with van der Waals surface area (Å²) >= 11 is 6.00. The molecule has 1 unspecified atom stereocenters. The van der Waals surface area contributed by atoms with E-state index in [1.54, 1.807) is 12.1 Å². The molecule has 0 bridgehead atoms. The molecule has 0 aliphatic carbocycles. The van der Waals surface area contributed by atoms with Gasteiger partial charge in [-0.2, -0.15) is 0 Å². The summed E-state index contributed by atoms with van der Waals surface area (Å²) in [5.74, 6) is -0.120. The summed E-state index contributed by atoms with van der Waals surface area (Å²) in [6.45, 7) is 7.40. The SMILES string of the molecule is CC(C)(C)c1cc(C(=O)NC2CCOC2)cc(Cl)n1. The summed E-state index contributed by atoms with van der Waals surface area (Å²) < 4.78 is 5.24. The monoisotopic (exact) mass is 282 g/mol. The number of hydrogen-bond donors (Lipinski definition) is 1. The predicted octanol–water partition coefficient (Wildman–Crippen LogP) is 2.55. The van der Waals surface area contributed by atoms with Crippen molar-refractivity contribution < 1.29 is 9.53 Å². The summed E-state index contributed by atoms with van der Waals surface area (Å²) in [6, 6.07) is 3.50. The molecular formula is C14H19ClN2O2. The van der Waals surface area contributed by atoms with Gasteiger partial charge in [-0.1, -0.05) is 32.4 Å². The van der Waals surface area contributed by atoms with E-state index in [9.17, 15) is 4.79 Å². The molecule has 2 rings (SSSR count). The van der Waals surface area contributed by atoms with E-state index in [1.165, 1.54) is 0 Å². The van der Waals surface area contributed by atoms with Crippen molar-refractivity contribution in [1.29, 1.82) is 0 Å². The first-order chi connectivity index (χ1) is 8.86. The number of halogens is 1. The molecule has 0 radical (unpaired) electrons. The van der Waals surface area contributed by atoms with E-state index in [1.807, 2.05) is 20.8 Å². The van der Waals surface area contributed by atoms with Crippen molar-refractivity contribution in [2.75, 3.05) is 13.2 Å². The van der Waals surface area contributed by atoms with Gasteiger partial charge in [-0.25, -0.2) is 4.98 Å². The van der Waals surface area contributed by atoms with Crippen LogP contribution in [0.4, 0.5) is 0 Å². The highest BCUT2D eigenvalue weighted by Gasteiger charge is 2.22. The molecule has 0 saturated carbocycles. The number of nitrogens with one attached hydrogen (secondary N) is 1. The van der Waals surface area contributed by atoms with Gasteiger partial charge < -0.3 is 10.1 Å². The molecule has 0 spiro atoms.